The number of hydrogen-bond acceptors (Lipinski definition) is 13. The Bertz CT molecular complexity index is 2770. The van der Waals surface area contributed by atoms with Crippen molar-refractivity contribution in [3.8, 4) is 29.1 Å². The summed E-state index contributed by atoms with van der Waals surface area (Å²) in [7, 11) is 1.47. The van der Waals surface area contributed by atoms with Crippen molar-refractivity contribution in [3.63, 3.8) is 0 Å². The van der Waals surface area contributed by atoms with E-state index in [1.807, 2.05) is 83.8 Å². The molecule has 10 rings (SSSR count). The molecule has 3 fully saturated rings. The molecule has 68 heavy (non-hydrogen) atoms. The van der Waals surface area contributed by atoms with E-state index in [0.29, 0.717) is 53.4 Å². The van der Waals surface area contributed by atoms with Gasteiger partial charge in [-0.3, -0.25) is 24.2 Å². The van der Waals surface area contributed by atoms with Gasteiger partial charge in [0.05, 0.1) is 36.9 Å². The number of imide groups is 1. The Morgan fingerprint density at radius 1 is 0.794 bits per heavy atom. The van der Waals surface area contributed by atoms with Crippen LogP contribution in [0.2, 0.25) is 0 Å². The molecule has 15 heteroatoms. The number of rotatable bonds is 10. The van der Waals surface area contributed by atoms with E-state index in [9.17, 15) is 15.0 Å². The van der Waals surface area contributed by atoms with Crippen molar-refractivity contribution in [2.45, 2.75) is 42.6 Å². The number of fused-ring (bicyclic) bond motifs is 4. The van der Waals surface area contributed by atoms with Crippen LogP contribution < -0.4 is 14.4 Å². The Balaban J connectivity index is 1.17. The standard InChI is InChI=1S/C53H50N4O11/c1-64-28-29-65-52(63)56-41-21-15-34(10-8-9-27-58)30-40(41)53(51(56)62)44(49(60)55-25-23-54(24-26-55)32-35-16-22-42-43(31-35)67-33-66-42)46-50(61)68-47(37-13-6-3-7-14-37)45(36-11-4-2-5-12-36)57(46)48(53)38-17-19-39(59)20-18-38/h2-7,11-22,30-31,44-48,58-59H,9,23-29,32-33H2,1H3. The molecule has 0 saturated carbocycles. The summed E-state index contributed by atoms with van der Waals surface area (Å²) in [6.07, 6.45) is -1.71. The summed E-state index contributed by atoms with van der Waals surface area (Å²) in [6, 6.07) is 32.8. The van der Waals surface area contributed by atoms with Gasteiger partial charge in [0.1, 0.15) is 29.9 Å². The molecule has 0 bridgehead atoms. The summed E-state index contributed by atoms with van der Waals surface area (Å²) in [4.78, 5) is 69.3. The smallest absolute Gasteiger partial charge is 0.421 e. The van der Waals surface area contributed by atoms with Gasteiger partial charge in [-0.15, -0.1) is 0 Å². The van der Waals surface area contributed by atoms with E-state index in [1.165, 1.54) is 19.2 Å². The minimum Gasteiger partial charge on any atom is -0.508 e. The number of cyclic esters (lactones) is 1. The fraction of sp³-hybridized carbons (Fsp3) is 0.321. The SMILES string of the molecule is COCCOC(=O)N1C(=O)C2(c3cc(C#CCCO)ccc31)C(C(=O)N1CCN(Cc3ccc4c(c3)OCO4)CC1)C1C(=O)OC(c3ccccc3)C(c3ccccc3)N1C2c1ccc(O)cc1. The predicted molar refractivity (Wildman–Crippen MR) is 246 cm³/mol. The van der Waals surface area contributed by atoms with Crippen LogP contribution in [0, 0.1) is 17.8 Å². The highest BCUT2D eigenvalue weighted by Crippen LogP contribution is 2.66. The number of aliphatic hydroxyl groups is 1. The number of esters is 1. The molecule has 348 valence electrons. The van der Waals surface area contributed by atoms with Crippen LogP contribution in [-0.2, 0) is 40.6 Å². The number of ether oxygens (including phenoxy) is 5. The number of carbonyl (C=O) groups excluding carboxylic acids is 4. The molecule has 5 aliphatic rings. The van der Waals surface area contributed by atoms with E-state index in [2.05, 4.69) is 16.7 Å². The molecule has 0 aromatic heterocycles. The van der Waals surface area contributed by atoms with Crippen LogP contribution in [0.5, 0.6) is 17.2 Å². The predicted octanol–water partition coefficient (Wildman–Crippen LogP) is 5.65. The molecule has 3 amide bonds. The zero-order valence-corrected chi connectivity index (χ0v) is 37.4. The number of methoxy groups -OCH3 is 1. The lowest BCUT2D eigenvalue weighted by molar-refractivity contribution is -0.179. The second kappa shape index (κ2) is 18.8. The molecule has 1 spiro atoms. The second-order valence-electron chi connectivity index (χ2n) is 17.4. The number of carbonyl (C=O) groups is 4. The van der Waals surface area contributed by atoms with Crippen molar-refractivity contribution in [2.24, 2.45) is 5.92 Å². The van der Waals surface area contributed by atoms with E-state index in [-0.39, 0.29) is 57.6 Å². The van der Waals surface area contributed by atoms with Crippen LogP contribution >= 0.6 is 0 Å². The number of aliphatic hydroxyl groups excluding tert-OH is 1. The lowest BCUT2D eigenvalue weighted by atomic mass is 9.65. The Hall–Kier alpha value is -7.22. The first-order valence-electron chi connectivity index (χ1n) is 22.7. The molecule has 15 nitrogen and oxygen atoms in total. The largest absolute Gasteiger partial charge is 0.508 e. The topological polar surface area (TPSA) is 168 Å². The van der Waals surface area contributed by atoms with Crippen LogP contribution in [0.3, 0.4) is 0 Å². The molecule has 6 unspecified atom stereocenters. The number of benzene rings is 5. The number of anilines is 1. The van der Waals surface area contributed by atoms with E-state index in [1.54, 1.807) is 35.2 Å². The fourth-order valence-corrected chi connectivity index (χ4v) is 10.7. The molecule has 0 radical (unpaired) electrons. The van der Waals surface area contributed by atoms with E-state index >= 15 is 14.4 Å². The zero-order valence-electron chi connectivity index (χ0n) is 37.4. The first-order valence-corrected chi connectivity index (χ1v) is 22.7. The average molecular weight is 919 g/mol. The summed E-state index contributed by atoms with van der Waals surface area (Å²) in [5, 5.41) is 20.4. The van der Waals surface area contributed by atoms with Crippen molar-refractivity contribution in [3.05, 3.63) is 155 Å². The Kier molecular flexibility index (Phi) is 12.3. The normalized spacial score (nSPS) is 24.0. The summed E-state index contributed by atoms with van der Waals surface area (Å²) in [5.74, 6) is 4.00. The number of morpholine rings is 1. The van der Waals surface area contributed by atoms with Gasteiger partial charge in [-0.1, -0.05) is 90.7 Å². The third-order valence-corrected chi connectivity index (χ3v) is 13.6. The Labute approximate surface area is 393 Å². The van der Waals surface area contributed by atoms with Gasteiger partial charge in [0.15, 0.2) is 11.5 Å². The van der Waals surface area contributed by atoms with Gasteiger partial charge >= 0.3 is 12.1 Å². The number of phenolic OH excluding ortho intramolecular Hbond substituents is 1. The number of hydrogen-bond donors (Lipinski definition) is 2. The second-order valence-corrected chi connectivity index (χ2v) is 17.4. The quantitative estimate of drug-likeness (QED) is 0.100. The highest BCUT2D eigenvalue weighted by molar-refractivity contribution is 6.23. The van der Waals surface area contributed by atoms with Crippen molar-refractivity contribution in [1.29, 1.82) is 0 Å². The first-order chi connectivity index (χ1) is 33.2. The van der Waals surface area contributed by atoms with Gasteiger partial charge in [0.25, 0.3) is 0 Å². The average Bonchev–Trinajstić information content (AvgIpc) is 4.04. The van der Waals surface area contributed by atoms with Crippen molar-refractivity contribution < 1.29 is 53.1 Å². The van der Waals surface area contributed by atoms with Crippen LogP contribution in [-0.4, -0.2) is 115 Å². The summed E-state index contributed by atoms with van der Waals surface area (Å²) in [6.45, 7) is 1.98. The fourth-order valence-electron chi connectivity index (χ4n) is 10.7. The third-order valence-electron chi connectivity index (χ3n) is 13.6. The van der Waals surface area contributed by atoms with E-state index in [0.717, 1.165) is 16.0 Å². The highest BCUT2D eigenvalue weighted by atomic mass is 16.7. The molecule has 6 atom stereocenters. The lowest BCUT2D eigenvalue weighted by Gasteiger charge is -2.46. The minimum absolute atomic E-state index is 0.0358. The molecule has 0 aliphatic carbocycles. The summed E-state index contributed by atoms with van der Waals surface area (Å²) < 4.78 is 28.6. The Morgan fingerprint density at radius 3 is 2.24 bits per heavy atom. The van der Waals surface area contributed by atoms with Crippen molar-refractivity contribution >= 4 is 29.6 Å². The summed E-state index contributed by atoms with van der Waals surface area (Å²) >= 11 is 0. The van der Waals surface area contributed by atoms with Crippen molar-refractivity contribution in [1.82, 2.24) is 14.7 Å². The maximum atomic E-state index is 16.4. The number of phenols is 1. The molecule has 2 N–H and O–H groups in total. The van der Waals surface area contributed by atoms with Gasteiger partial charge in [-0.2, -0.15) is 0 Å². The van der Waals surface area contributed by atoms with Crippen LogP contribution in [0.4, 0.5) is 10.5 Å². The number of piperazine rings is 1. The number of aromatic hydroxyl groups is 1. The Morgan fingerprint density at radius 2 is 1.51 bits per heavy atom. The molecule has 5 aliphatic heterocycles. The highest BCUT2D eigenvalue weighted by Gasteiger charge is 2.76. The van der Waals surface area contributed by atoms with Crippen molar-refractivity contribution in [2.75, 3.05) is 64.8 Å². The minimum atomic E-state index is -2.01. The van der Waals surface area contributed by atoms with E-state index < -0.39 is 59.4 Å². The molecule has 5 aromatic carbocycles. The third kappa shape index (κ3) is 7.78. The molecule has 5 heterocycles. The van der Waals surface area contributed by atoms with E-state index in [4.69, 9.17) is 23.7 Å². The maximum Gasteiger partial charge on any atom is 0.421 e. The molecular formula is C53H50N4O11. The lowest BCUT2D eigenvalue weighted by Crippen LogP contribution is -2.59. The van der Waals surface area contributed by atoms with Crippen LogP contribution in [0.15, 0.2) is 121 Å². The summed E-state index contributed by atoms with van der Waals surface area (Å²) in [5.41, 5.74) is 1.89. The van der Waals surface area contributed by atoms with Gasteiger partial charge in [-0.25, -0.2) is 9.69 Å². The molecule has 5 aromatic rings. The number of amides is 3. The monoisotopic (exact) mass is 918 g/mol. The number of nitrogens with zero attached hydrogens (tertiary/aromatic N) is 4. The van der Waals surface area contributed by atoms with Gasteiger partial charge < -0.3 is 38.8 Å². The van der Waals surface area contributed by atoms with Gasteiger partial charge in [-0.05, 0) is 70.3 Å². The molecular weight excluding hydrogens is 869 g/mol. The van der Waals surface area contributed by atoms with Gasteiger partial charge in [0.2, 0.25) is 18.6 Å². The maximum absolute atomic E-state index is 16.4. The van der Waals surface area contributed by atoms with Crippen LogP contribution in [0.1, 0.15) is 58.0 Å². The van der Waals surface area contributed by atoms with Crippen LogP contribution in [0.25, 0.3) is 0 Å². The molecule has 3 saturated heterocycles. The first kappa shape index (κ1) is 44.6. The van der Waals surface area contributed by atoms with Gasteiger partial charge in [0, 0.05) is 51.8 Å². The zero-order chi connectivity index (χ0) is 46.9.